The molecular weight excluding hydrogens is 210 g/mol. The lowest BCUT2D eigenvalue weighted by Crippen LogP contribution is -2.25. The third kappa shape index (κ3) is 3.41. The Morgan fingerprint density at radius 3 is 2.71 bits per heavy atom. The minimum atomic E-state index is 1.13. The smallest absolute Gasteiger partial charge is 0.169 e. The molecule has 1 aliphatic rings. The number of nitrogens with zero attached hydrogens (tertiary/aromatic N) is 3. The van der Waals surface area contributed by atoms with Gasteiger partial charge in [0.15, 0.2) is 12.4 Å². The molecule has 1 heterocycles. The Bertz CT molecular complexity index is 418. The summed E-state index contributed by atoms with van der Waals surface area (Å²) in [7, 11) is 4.04. The van der Waals surface area contributed by atoms with Gasteiger partial charge < -0.3 is 0 Å². The SMILES string of the molecule is CN(/N=C/c1cc[n+](C)cc1)C1=CCCCC1. The zero-order valence-corrected chi connectivity index (χ0v) is 10.6. The molecule has 0 radical (unpaired) electrons. The van der Waals surface area contributed by atoms with Crippen LogP contribution in [0.4, 0.5) is 0 Å². The number of aryl methyl sites for hydroxylation is 1. The summed E-state index contributed by atoms with van der Waals surface area (Å²) in [5, 5.41) is 6.47. The summed E-state index contributed by atoms with van der Waals surface area (Å²) in [6, 6.07) is 4.12. The molecule has 0 saturated carbocycles. The molecule has 0 unspecified atom stereocenters. The fourth-order valence-corrected chi connectivity index (χ4v) is 1.94. The molecule has 1 aliphatic carbocycles. The second-order valence-corrected chi connectivity index (χ2v) is 4.51. The molecule has 0 bridgehead atoms. The topological polar surface area (TPSA) is 19.5 Å². The van der Waals surface area contributed by atoms with Gasteiger partial charge >= 0.3 is 0 Å². The van der Waals surface area contributed by atoms with E-state index in [1.165, 1.54) is 25.0 Å². The number of pyridine rings is 1. The van der Waals surface area contributed by atoms with Crippen LogP contribution >= 0.6 is 0 Å². The monoisotopic (exact) mass is 230 g/mol. The molecule has 0 N–H and O–H groups in total. The second kappa shape index (κ2) is 5.62. The van der Waals surface area contributed by atoms with Gasteiger partial charge in [0.05, 0.1) is 6.21 Å². The van der Waals surface area contributed by atoms with E-state index in [0.717, 1.165) is 12.0 Å². The zero-order valence-electron chi connectivity index (χ0n) is 10.6. The standard InChI is InChI=1S/C14H20N3/c1-16-10-8-13(9-11-16)12-15-17(2)14-6-4-3-5-7-14/h6,8-12H,3-5,7H2,1-2H3/q+1. The molecule has 0 aromatic carbocycles. The molecule has 0 atom stereocenters. The van der Waals surface area contributed by atoms with Crippen molar-refractivity contribution in [3.8, 4) is 0 Å². The molecule has 3 nitrogen and oxygen atoms in total. The highest BCUT2D eigenvalue weighted by atomic mass is 15.4. The van der Waals surface area contributed by atoms with Crippen LogP contribution in [0.5, 0.6) is 0 Å². The number of hydrogen-bond acceptors (Lipinski definition) is 2. The first-order valence-corrected chi connectivity index (χ1v) is 6.18. The van der Waals surface area contributed by atoms with E-state index in [1.807, 2.05) is 42.3 Å². The normalized spacial score (nSPS) is 16.0. The Kier molecular flexibility index (Phi) is 3.91. The Balaban J connectivity index is 2.00. The summed E-state index contributed by atoms with van der Waals surface area (Å²) in [5.74, 6) is 0. The van der Waals surface area contributed by atoms with Gasteiger partial charge in [-0.05, 0) is 25.7 Å². The van der Waals surface area contributed by atoms with Gasteiger partial charge in [-0.25, -0.2) is 4.57 Å². The van der Waals surface area contributed by atoms with Crippen LogP contribution in [0.2, 0.25) is 0 Å². The zero-order chi connectivity index (χ0) is 12.1. The summed E-state index contributed by atoms with van der Waals surface area (Å²) < 4.78 is 2.02. The predicted molar refractivity (Wildman–Crippen MR) is 69.5 cm³/mol. The summed E-state index contributed by atoms with van der Waals surface area (Å²) in [5.41, 5.74) is 2.47. The number of hydrogen-bond donors (Lipinski definition) is 0. The van der Waals surface area contributed by atoms with Gasteiger partial charge in [-0.1, -0.05) is 6.08 Å². The molecule has 0 saturated heterocycles. The summed E-state index contributed by atoms with van der Waals surface area (Å²) >= 11 is 0. The Labute approximate surface area is 103 Å². The van der Waals surface area contributed by atoms with E-state index in [-0.39, 0.29) is 0 Å². The number of aromatic nitrogens is 1. The maximum Gasteiger partial charge on any atom is 0.169 e. The molecule has 0 aliphatic heterocycles. The first-order chi connectivity index (χ1) is 8.25. The third-order valence-electron chi connectivity index (χ3n) is 3.07. The highest BCUT2D eigenvalue weighted by molar-refractivity contribution is 5.78. The van der Waals surface area contributed by atoms with Crippen molar-refractivity contribution in [1.29, 1.82) is 0 Å². The Hall–Kier alpha value is -1.64. The average molecular weight is 230 g/mol. The summed E-state index contributed by atoms with van der Waals surface area (Å²) in [6.07, 6.45) is 13.2. The van der Waals surface area contributed by atoms with Gasteiger partial charge in [0, 0.05) is 30.4 Å². The van der Waals surface area contributed by atoms with Crippen molar-refractivity contribution in [2.45, 2.75) is 25.7 Å². The maximum absolute atomic E-state index is 4.48. The molecule has 17 heavy (non-hydrogen) atoms. The van der Waals surface area contributed by atoms with Gasteiger partial charge in [0.25, 0.3) is 0 Å². The first kappa shape index (κ1) is 11.8. The van der Waals surface area contributed by atoms with Crippen molar-refractivity contribution in [1.82, 2.24) is 5.01 Å². The van der Waals surface area contributed by atoms with Crippen molar-refractivity contribution >= 4 is 6.21 Å². The maximum atomic E-state index is 4.48. The van der Waals surface area contributed by atoms with E-state index in [9.17, 15) is 0 Å². The molecule has 1 aromatic rings. The number of rotatable bonds is 3. The summed E-state index contributed by atoms with van der Waals surface area (Å²) in [6.45, 7) is 0. The van der Waals surface area contributed by atoms with Crippen molar-refractivity contribution in [3.63, 3.8) is 0 Å². The van der Waals surface area contributed by atoms with Gasteiger partial charge in [0.1, 0.15) is 7.05 Å². The molecule has 0 amide bonds. The van der Waals surface area contributed by atoms with Crippen LogP contribution in [0.3, 0.4) is 0 Å². The van der Waals surface area contributed by atoms with E-state index in [2.05, 4.69) is 23.3 Å². The molecule has 0 fully saturated rings. The Morgan fingerprint density at radius 1 is 1.29 bits per heavy atom. The molecular formula is C14H20N3+. The molecule has 1 aromatic heterocycles. The van der Waals surface area contributed by atoms with Crippen LogP contribution in [-0.4, -0.2) is 18.3 Å². The van der Waals surface area contributed by atoms with Gasteiger partial charge in [-0.15, -0.1) is 0 Å². The van der Waals surface area contributed by atoms with E-state index in [0.29, 0.717) is 0 Å². The molecule has 90 valence electrons. The minimum Gasteiger partial charge on any atom is -0.273 e. The lowest BCUT2D eigenvalue weighted by Gasteiger charge is -2.20. The minimum absolute atomic E-state index is 1.13. The first-order valence-electron chi connectivity index (χ1n) is 6.18. The molecule has 0 spiro atoms. The van der Waals surface area contributed by atoms with Gasteiger partial charge in [-0.2, -0.15) is 5.10 Å². The van der Waals surface area contributed by atoms with E-state index in [4.69, 9.17) is 0 Å². The van der Waals surface area contributed by atoms with Crippen LogP contribution in [-0.2, 0) is 7.05 Å². The second-order valence-electron chi connectivity index (χ2n) is 4.51. The van der Waals surface area contributed by atoms with Crippen LogP contribution in [0.25, 0.3) is 0 Å². The fraction of sp³-hybridized carbons (Fsp3) is 0.429. The predicted octanol–water partition coefficient (Wildman–Crippen LogP) is 2.23. The van der Waals surface area contributed by atoms with Crippen molar-refractivity contribution < 1.29 is 4.57 Å². The highest BCUT2D eigenvalue weighted by Crippen LogP contribution is 2.19. The molecule has 2 rings (SSSR count). The summed E-state index contributed by atoms with van der Waals surface area (Å²) in [4.78, 5) is 0. The average Bonchev–Trinajstić information content (AvgIpc) is 2.39. The van der Waals surface area contributed by atoms with E-state index < -0.39 is 0 Å². The van der Waals surface area contributed by atoms with E-state index >= 15 is 0 Å². The highest BCUT2D eigenvalue weighted by Gasteiger charge is 2.06. The third-order valence-corrected chi connectivity index (χ3v) is 3.07. The van der Waals surface area contributed by atoms with Crippen LogP contribution < -0.4 is 4.57 Å². The fourth-order valence-electron chi connectivity index (χ4n) is 1.94. The van der Waals surface area contributed by atoms with Gasteiger partial charge in [-0.3, -0.25) is 5.01 Å². The van der Waals surface area contributed by atoms with Crippen LogP contribution in [0.15, 0.2) is 41.4 Å². The van der Waals surface area contributed by atoms with Crippen LogP contribution in [0, 0.1) is 0 Å². The largest absolute Gasteiger partial charge is 0.273 e. The van der Waals surface area contributed by atoms with Crippen LogP contribution in [0.1, 0.15) is 31.2 Å². The number of allylic oxidation sites excluding steroid dienone is 2. The van der Waals surface area contributed by atoms with Crippen molar-refractivity contribution in [3.05, 3.63) is 41.9 Å². The molecule has 3 heteroatoms. The Morgan fingerprint density at radius 2 is 2.06 bits per heavy atom. The number of hydrazone groups is 1. The van der Waals surface area contributed by atoms with Gasteiger partial charge in [0.2, 0.25) is 0 Å². The lowest BCUT2D eigenvalue weighted by molar-refractivity contribution is -0.671. The lowest BCUT2D eigenvalue weighted by atomic mass is 10.0. The van der Waals surface area contributed by atoms with E-state index in [1.54, 1.807) is 0 Å². The quantitative estimate of drug-likeness (QED) is 0.443. The van der Waals surface area contributed by atoms with Crippen molar-refractivity contribution in [2.75, 3.05) is 7.05 Å². The van der Waals surface area contributed by atoms with Crippen molar-refractivity contribution in [2.24, 2.45) is 12.1 Å².